The molecule has 0 fully saturated rings. The van der Waals surface area contributed by atoms with Gasteiger partial charge in [-0.25, -0.2) is 4.98 Å². The highest BCUT2D eigenvalue weighted by Gasteiger charge is 2.03. The molecule has 1 aromatic heterocycles. The van der Waals surface area contributed by atoms with E-state index in [0.29, 0.717) is 10.8 Å². The molecule has 0 atom stereocenters. The summed E-state index contributed by atoms with van der Waals surface area (Å²) in [5, 5.41) is 18.0. The fourth-order valence-electron chi connectivity index (χ4n) is 1.43. The molecule has 0 saturated carbocycles. The highest BCUT2D eigenvalue weighted by Crippen LogP contribution is 2.30. The summed E-state index contributed by atoms with van der Waals surface area (Å²) in [5.74, 6) is 0.212. The highest BCUT2D eigenvalue weighted by molar-refractivity contribution is 7.21. The van der Waals surface area contributed by atoms with Crippen LogP contribution in [0.15, 0.2) is 65.1 Å². The van der Waals surface area contributed by atoms with E-state index < -0.39 is 0 Å². The van der Waals surface area contributed by atoms with Gasteiger partial charge in [0.1, 0.15) is 5.75 Å². The number of likely N-dealkylation sites (N-methyl/N-ethyl adjacent to an activating group) is 1. The Morgan fingerprint density at radius 3 is 2.61 bits per heavy atom. The van der Waals surface area contributed by atoms with Crippen LogP contribution in [-0.2, 0) is 0 Å². The van der Waals surface area contributed by atoms with Crippen LogP contribution >= 0.6 is 11.3 Å². The number of rotatable bonds is 5. The van der Waals surface area contributed by atoms with Gasteiger partial charge in [-0.2, -0.15) is 0 Å². The third kappa shape index (κ3) is 5.67. The zero-order valence-corrected chi connectivity index (χ0v) is 14.8. The van der Waals surface area contributed by atoms with Crippen LogP contribution in [0.5, 0.6) is 5.75 Å². The van der Waals surface area contributed by atoms with Gasteiger partial charge in [0.05, 0.1) is 15.9 Å². The fraction of sp³-hybridized carbons (Fsp3) is 0.235. The molecule has 0 aliphatic heterocycles. The third-order valence-electron chi connectivity index (χ3n) is 2.67. The number of allylic oxidation sites excluding steroid dienone is 2. The van der Waals surface area contributed by atoms with E-state index in [1.807, 2.05) is 38.9 Å². The quantitative estimate of drug-likeness (QED) is 0.601. The Labute approximate surface area is 141 Å². The molecule has 0 saturated heterocycles. The lowest BCUT2D eigenvalue weighted by Crippen LogP contribution is -2.07. The van der Waals surface area contributed by atoms with Crippen molar-refractivity contribution < 1.29 is 5.11 Å². The molecular weight excluding hydrogens is 308 g/mol. The Bertz CT molecular complexity index is 744. The summed E-state index contributed by atoms with van der Waals surface area (Å²) in [5.41, 5.74) is 2.15. The second-order valence-corrected chi connectivity index (χ2v) is 5.57. The van der Waals surface area contributed by atoms with Crippen LogP contribution in [-0.4, -0.2) is 29.1 Å². The Morgan fingerprint density at radius 1 is 1.26 bits per heavy atom. The number of fused-ring (bicyclic) bond motifs is 1. The van der Waals surface area contributed by atoms with E-state index in [1.54, 1.807) is 24.3 Å². The number of hydrogen-bond donors (Lipinski definition) is 1. The lowest BCUT2D eigenvalue weighted by molar-refractivity contribution is 0.476. The molecule has 1 heterocycles. The minimum atomic E-state index is 0.212. The maximum Gasteiger partial charge on any atom is 0.231 e. The molecule has 0 spiro atoms. The lowest BCUT2D eigenvalue weighted by Gasteiger charge is -2.10. The maximum atomic E-state index is 9.41. The summed E-state index contributed by atoms with van der Waals surface area (Å²) < 4.78 is 0.867. The van der Waals surface area contributed by atoms with Crippen LogP contribution in [0.4, 0.5) is 5.13 Å². The van der Waals surface area contributed by atoms with E-state index in [4.69, 9.17) is 0 Å². The normalized spacial score (nSPS) is 10.8. The van der Waals surface area contributed by atoms with Crippen LogP contribution in [0.1, 0.15) is 13.8 Å². The fourth-order valence-corrected chi connectivity index (χ4v) is 2.25. The Kier molecular flexibility index (Phi) is 7.15. The molecule has 2 aromatic rings. The molecule has 1 N–H and O–H groups in total. The van der Waals surface area contributed by atoms with Gasteiger partial charge < -0.3 is 10.0 Å². The predicted octanol–water partition coefficient (Wildman–Crippen LogP) is 5.26. The van der Waals surface area contributed by atoms with Crippen LogP contribution in [0.2, 0.25) is 0 Å². The van der Waals surface area contributed by atoms with Gasteiger partial charge in [-0.05, 0) is 30.4 Å². The predicted molar refractivity (Wildman–Crippen MR) is 98.3 cm³/mol. The van der Waals surface area contributed by atoms with Gasteiger partial charge in [-0.15, -0.1) is 10.2 Å². The summed E-state index contributed by atoms with van der Waals surface area (Å²) in [6.07, 6.45) is 3.56. The summed E-state index contributed by atoms with van der Waals surface area (Å²) in [4.78, 5) is 6.20. The van der Waals surface area contributed by atoms with Gasteiger partial charge in [0.15, 0.2) is 0 Å². The van der Waals surface area contributed by atoms with Crippen molar-refractivity contribution in [1.29, 1.82) is 0 Å². The van der Waals surface area contributed by atoms with E-state index in [0.717, 1.165) is 15.9 Å². The first-order valence-electron chi connectivity index (χ1n) is 7.20. The average molecular weight is 330 g/mol. The van der Waals surface area contributed by atoms with E-state index in [1.165, 1.54) is 11.3 Å². The number of aromatic hydroxyl groups is 1. The van der Waals surface area contributed by atoms with Crippen LogP contribution in [0.3, 0.4) is 0 Å². The van der Waals surface area contributed by atoms with Crippen molar-refractivity contribution in [1.82, 2.24) is 9.88 Å². The second kappa shape index (κ2) is 8.85. The SMILES string of the molecule is C=C(/C=C\C(=C)N(C)C)N=Nc1nc2ccc(O)cc2s1.CC. The zero-order valence-electron chi connectivity index (χ0n) is 13.9. The molecule has 0 unspecified atom stereocenters. The van der Waals surface area contributed by atoms with Gasteiger partial charge in [0, 0.05) is 19.8 Å². The van der Waals surface area contributed by atoms with Crippen molar-refractivity contribution in [2.24, 2.45) is 10.2 Å². The molecule has 5 nitrogen and oxygen atoms in total. The number of benzene rings is 1. The molecule has 122 valence electrons. The molecular formula is C17H22N4OS. The van der Waals surface area contributed by atoms with Gasteiger partial charge in [0.2, 0.25) is 5.13 Å². The molecule has 0 aliphatic carbocycles. The standard InChI is InChI=1S/C15H16N4OS.C2H6/c1-10(5-6-11(2)19(3)4)17-18-15-16-13-8-7-12(20)9-14(13)21-15;1-2/h5-9,20H,1-2H2,3-4H3;1-2H3/b6-5-,18-17?;. The van der Waals surface area contributed by atoms with E-state index in [9.17, 15) is 5.11 Å². The number of phenols is 1. The molecule has 2 rings (SSSR count). The summed E-state index contributed by atoms with van der Waals surface area (Å²) >= 11 is 1.36. The zero-order chi connectivity index (χ0) is 17.4. The van der Waals surface area contributed by atoms with Crippen LogP contribution < -0.4 is 0 Å². The van der Waals surface area contributed by atoms with Gasteiger partial charge in [-0.3, -0.25) is 0 Å². The largest absolute Gasteiger partial charge is 0.508 e. The van der Waals surface area contributed by atoms with Crippen LogP contribution in [0, 0.1) is 0 Å². The van der Waals surface area contributed by atoms with Crippen molar-refractivity contribution in [3.8, 4) is 5.75 Å². The minimum Gasteiger partial charge on any atom is -0.508 e. The third-order valence-corrected chi connectivity index (χ3v) is 3.57. The molecule has 0 amide bonds. The number of hydrogen-bond acceptors (Lipinski definition) is 6. The van der Waals surface area contributed by atoms with Crippen molar-refractivity contribution in [3.05, 3.63) is 54.9 Å². The second-order valence-electron chi connectivity index (χ2n) is 4.56. The minimum absolute atomic E-state index is 0.212. The number of aromatic nitrogens is 1. The first-order chi connectivity index (χ1) is 11.0. The molecule has 6 heteroatoms. The average Bonchev–Trinajstić information content (AvgIpc) is 2.94. The smallest absolute Gasteiger partial charge is 0.231 e. The molecule has 23 heavy (non-hydrogen) atoms. The van der Waals surface area contributed by atoms with E-state index >= 15 is 0 Å². The van der Waals surface area contributed by atoms with Crippen molar-refractivity contribution in [3.63, 3.8) is 0 Å². The molecule has 0 bridgehead atoms. The Balaban J connectivity index is 0.00000127. The Hall–Kier alpha value is -2.47. The molecule has 1 aromatic carbocycles. The first kappa shape index (κ1) is 18.6. The number of azo groups is 1. The van der Waals surface area contributed by atoms with Crippen LogP contribution in [0.25, 0.3) is 10.2 Å². The van der Waals surface area contributed by atoms with Crippen molar-refractivity contribution >= 4 is 26.7 Å². The van der Waals surface area contributed by atoms with E-state index in [-0.39, 0.29) is 5.75 Å². The van der Waals surface area contributed by atoms with E-state index in [2.05, 4.69) is 28.4 Å². The summed E-state index contributed by atoms with van der Waals surface area (Å²) in [7, 11) is 3.82. The van der Waals surface area contributed by atoms with Crippen molar-refractivity contribution in [2.75, 3.05) is 14.1 Å². The number of thiazole rings is 1. The molecule has 0 radical (unpaired) electrons. The number of phenolic OH excluding ortho intramolecular Hbond substituents is 1. The monoisotopic (exact) mass is 330 g/mol. The highest BCUT2D eigenvalue weighted by atomic mass is 32.1. The van der Waals surface area contributed by atoms with Gasteiger partial charge in [-0.1, -0.05) is 38.3 Å². The lowest BCUT2D eigenvalue weighted by atomic mass is 10.3. The van der Waals surface area contributed by atoms with Gasteiger partial charge in [0.25, 0.3) is 0 Å². The summed E-state index contributed by atoms with van der Waals surface area (Å²) in [6, 6.07) is 5.00. The van der Waals surface area contributed by atoms with Crippen molar-refractivity contribution in [2.45, 2.75) is 13.8 Å². The maximum absolute atomic E-state index is 9.41. The first-order valence-corrected chi connectivity index (χ1v) is 8.02. The number of nitrogens with zero attached hydrogens (tertiary/aromatic N) is 4. The topological polar surface area (TPSA) is 61.1 Å². The molecule has 0 aliphatic rings. The summed E-state index contributed by atoms with van der Waals surface area (Å²) in [6.45, 7) is 11.7. The van der Waals surface area contributed by atoms with Gasteiger partial charge >= 0.3 is 0 Å². The Morgan fingerprint density at radius 2 is 1.96 bits per heavy atom.